The zero-order valence-electron chi connectivity index (χ0n) is 10.1. The van der Waals surface area contributed by atoms with Crippen LogP contribution in [0.3, 0.4) is 0 Å². The number of alkyl halides is 2. The third kappa shape index (κ3) is 2.09. The van der Waals surface area contributed by atoms with Gasteiger partial charge in [0, 0.05) is 5.56 Å². The van der Waals surface area contributed by atoms with Crippen molar-refractivity contribution in [2.45, 2.75) is 15.6 Å². The molecule has 0 unspecified atom stereocenters. The maximum Gasteiger partial charge on any atom is 0.181 e. The van der Waals surface area contributed by atoms with Crippen molar-refractivity contribution < 1.29 is 4.79 Å². The van der Waals surface area contributed by atoms with Crippen LogP contribution in [0.25, 0.3) is 0 Å². The molecule has 3 rings (SSSR count). The van der Waals surface area contributed by atoms with E-state index in [1.165, 1.54) is 0 Å². The Bertz CT molecular complexity index is 624. The van der Waals surface area contributed by atoms with Crippen molar-refractivity contribution in [3.05, 3.63) is 71.3 Å². The van der Waals surface area contributed by atoms with Crippen molar-refractivity contribution >= 4 is 37.6 Å². The minimum Gasteiger partial charge on any atom is -0.293 e. The Morgan fingerprint density at radius 3 is 2.32 bits per heavy atom. The lowest BCUT2D eigenvalue weighted by Gasteiger charge is -2.26. The van der Waals surface area contributed by atoms with Crippen molar-refractivity contribution in [2.24, 2.45) is 0 Å². The van der Waals surface area contributed by atoms with Crippen LogP contribution < -0.4 is 0 Å². The van der Waals surface area contributed by atoms with E-state index in [0.29, 0.717) is 6.42 Å². The molecule has 0 bridgehead atoms. The number of Topliss-reactive ketones (excluding diaryl/α,β-unsaturated/α-hetero) is 1. The summed E-state index contributed by atoms with van der Waals surface area (Å²) in [6, 6.07) is 17.9. The van der Waals surface area contributed by atoms with E-state index in [2.05, 4.69) is 31.9 Å². The monoisotopic (exact) mass is 378 g/mol. The van der Waals surface area contributed by atoms with E-state index in [4.69, 9.17) is 0 Å². The molecule has 2 atom stereocenters. The van der Waals surface area contributed by atoms with Gasteiger partial charge in [-0.15, -0.1) is 0 Å². The molecule has 0 fully saturated rings. The first kappa shape index (κ1) is 13.1. The Morgan fingerprint density at radius 1 is 1.00 bits per heavy atom. The van der Waals surface area contributed by atoms with Gasteiger partial charge in [0.1, 0.15) is 4.32 Å². The molecule has 3 heteroatoms. The van der Waals surface area contributed by atoms with Crippen LogP contribution in [0.1, 0.15) is 26.3 Å². The van der Waals surface area contributed by atoms with Crippen LogP contribution in [0.4, 0.5) is 0 Å². The fraction of sp³-hybridized carbons (Fsp3) is 0.188. The Balaban J connectivity index is 2.01. The summed E-state index contributed by atoms with van der Waals surface area (Å²) in [5, 5.41) is 0. The number of carbonyl (C=O) groups excluding carboxylic acids is 1. The van der Waals surface area contributed by atoms with Crippen LogP contribution in [0.5, 0.6) is 0 Å². The second-order valence-corrected chi connectivity index (χ2v) is 7.13. The maximum atomic E-state index is 12.7. The molecule has 0 N–H and O–H groups in total. The molecule has 0 aromatic heterocycles. The van der Waals surface area contributed by atoms with Crippen molar-refractivity contribution in [1.82, 2.24) is 0 Å². The largest absolute Gasteiger partial charge is 0.293 e. The van der Waals surface area contributed by atoms with E-state index < -0.39 is 4.32 Å². The summed E-state index contributed by atoms with van der Waals surface area (Å²) < 4.78 is -0.585. The van der Waals surface area contributed by atoms with Gasteiger partial charge in [-0.2, -0.15) is 0 Å². The number of hydrogen-bond acceptors (Lipinski definition) is 1. The molecule has 0 aliphatic heterocycles. The molecule has 0 saturated heterocycles. The van der Waals surface area contributed by atoms with Gasteiger partial charge in [0.05, 0.1) is 4.83 Å². The highest BCUT2D eigenvalue weighted by atomic mass is 79.9. The summed E-state index contributed by atoms with van der Waals surface area (Å²) in [7, 11) is 0. The molecular weight excluding hydrogens is 368 g/mol. The molecule has 1 nitrogen and oxygen atoms in total. The standard InChI is InChI=1S/C16H12Br2O/c17-14(11-6-2-1-3-7-11)16(18)10-12-8-4-5-9-13(12)15(16)19/h1-9,14H,10H2/t14-,16+/m0/s1. The SMILES string of the molecule is O=C1c2ccccc2C[C@@]1(Br)[C@@H](Br)c1ccccc1. The van der Waals surface area contributed by atoms with Gasteiger partial charge in [-0.1, -0.05) is 86.5 Å². The van der Waals surface area contributed by atoms with Gasteiger partial charge in [0.15, 0.2) is 5.78 Å². The Labute approximate surface area is 129 Å². The van der Waals surface area contributed by atoms with Crippen LogP contribution in [0, 0.1) is 0 Å². The lowest BCUT2D eigenvalue weighted by Crippen LogP contribution is -2.33. The van der Waals surface area contributed by atoms with Crippen molar-refractivity contribution in [1.29, 1.82) is 0 Å². The van der Waals surface area contributed by atoms with Crippen LogP contribution in [0.15, 0.2) is 54.6 Å². The van der Waals surface area contributed by atoms with Gasteiger partial charge in [0.25, 0.3) is 0 Å². The second-order valence-electron chi connectivity index (χ2n) is 4.80. The summed E-state index contributed by atoms with van der Waals surface area (Å²) in [6.07, 6.45) is 0.715. The number of rotatable bonds is 2. The molecule has 1 aliphatic carbocycles. The molecule has 0 radical (unpaired) electrons. The fourth-order valence-corrected chi connectivity index (χ4v) is 4.02. The molecule has 0 saturated carbocycles. The Hall–Kier alpha value is -0.930. The summed E-state index contributed by atoms with van der Waals surface area (Å²) in [4.78, 5) is 12.6. The average molecular weight is 380 g/mol. The first-order valence-corrected chi connectivity index (χ1v) is 7.84. The van der Waals surface area contributed by atoms with Crippen molar-refractivity contribution in [2.75, 3.05) is 0 Å². The normalized spacial score (nSPS) is 23.2. The van der Waals surface area contributed by atoms with Crippen LogP contribution >= 0.6 is 31.9 Å². The van der Waals surface area contributed by atoms with Gasteiger partial charge < -0.3 is 0 Å². The number of carbonyl (C=O) groups is 1. The lowest BCUT2D eigenvalue weighted by atomic mass is 9.95. The van der Waals surface area contributed by atoms with E-state index >= 15 is 0 Å². The number of fused-ring (bicyclic) bond motifs is 1. The summed E-state index contributed by atoms with van der Waals surface area (Å²) in [5.74, 6) is 0.161. The molecular formula is C16H12Br2O. The highest BCUT2D eigenvalue weighted by molar-refractivity contribution is 9.12. The molecule has 19 heavy (non-hydrogen) atoms. The van der Waals surface area contributed by atoms with E-state index in [1.54, 1.807) is 0 Å². The third-order valence-corrected chi connectivity index (χ3v) is 6.60. The molecule has 2 aromatic carbocycles. The number of halogens is 2. The first-order chi connectivity index (χ1) is 9.13. The van der Waals surface area contributed by atoms with Crippen molar-refractivity contribution in [3.8, 4) is 0 Å². The topological polar surface area (TPSA) is 17.1 Å². The highest BCUT2D eigenvalue weighted by Crippen LogP contribution is 2.49. The Morgan fingerprint density at radius 2 is 1.63 bits per heavy atom. The lowest BCUT2D eigenvalue weighted by molar-refractivity contribution is 0.0960. The number of benzene rings is 2. The van der Waals surface area contributed by atoms with E-state index in [1.807, 2.05) is 54.6 Å². The van der Waals surface area contributed by atoms with Crippen LogP contribution in [0.2, 0.25) is 0 Å². The van der Waals surface area contributed by atoms with Crippen molar-refractivity contribution in [3.63, 3.8) is 0 Å². The smallest absolute Gasteiger partial charge is 0.181 e. The van der Waals surface area contributed by atoms with Gasteiger partial charge in [0.2, 0.25) is 0 Å². The summed E-state index contributed by atoms with van der Waals surface area (Å²) in [5.41, 5.74) is 3.06. The van der Waals surface area contributed by atoms with Crippen LogP contribution in [-0.2, 0) is 6.42 Å². The average Bonchev–Trinajstić information content (AvgIpc) is 2.72. The van der Waals surface area contributed by atoms with Gasteiger partial charge in [-0.25, -0.2) is 0 Å². The highest BCUT2D eigenvalue weighted by Gasteiger charge is 2.48. The molecule has 2 aromatic rings. The summed E-state index contributed by atoms with van der Waals surface area (Å²) in [6.45, 7) is 0. The predicted octanol–water partition coefficient (Wildman–Crippen LogP) is 4.70. The first-order valence-electron chi connectivity index (χ1n) is 6.13. The van der Waals surface area contributed by atoms with E-state index in [9.17, 15) is 4.79 Å². The quantitative estimate of drug-likeness (QED) is 0.691. The Kier molecular flexibility index (Phi) is 3.35. The minimum atomic E-state index is -0.585. The maximum absolute atomic E-state index is 12.7. The van der Waals surface area contributed by atoms with E-state index in [0.717, 1.165) is 16.7 Å². The summed E-state index contributed by atoms with van der Waals surface area (Å²) >= 11 is 7.40. The number of ketones is 1. The minimum absolute atomic E-state index is 0.0406. The molecule has 0 spiro atoms. The predicted molar refractivity (Wildman–Crippen MR) is 84.2 cm³/mol. The molecule has 0 amide bonds. The van der Waals surface area contributed by atoms with Gasteiger partial charge >= 0.3 is 0 Å². The van der Waals surface area contributed by atoms with Gasteiger partial charge in [-0.3, -0.25) is 4.79 Å². The number of hydrogen-bond donors (Lipinski definition) is 0. The van der Waals surface area contributed by atoms with E-state index in [-0.39, 0.29) is 10.6 Å². The van der Waals surface area contributed by atoms with Crippen LogP contribution in [-0.4, -0.2) is 10.1 Å². The molecule has 96 valence electrons. The zero-order chi connectivity index (χ0) is 13.5. The molecule has 0 heterocycles. The third-order valence-electron chi connectivity index (χ3n) is 3.58. The molecule has 1 aliphatic rings. The fourth-order valence-electron chi connectivity index (χ4n) is 2.57. The zero-order valence-corrected chi connectivity index (χ0v) is 13.3. The van der Waals surface area contributed by atoms with Gasteiger partial charge in [-0.05, 0) is 17.5 Å². The second kappa shape index (κ2) is 4.88.